The predicted molar refractivity (Wildman–Crippen MR) is 133 cm³/mol. The van der Waals surface area contributed by atoms with Crippen LogP contribution in [0, 0.1) is 6.92 Å². The van der Waals surface area contributed by atoms with Gasteiger partial charge in [-0.2, -0.15) is 0 Å². The minimum Gasteiger partial charge on any atom is -0.355 e. The van der Waals surface area contributed by atoms with Crippen molar-refractivity contribution < 1.29 is 22.8 Å². The second-order valence-electron chi connectivity index (χ2n) is 8.20. The van der Waals surface area contributed by atoms with Gasteiger partial charge in [0.15, 0.2) is 5.78 Å². The van der Waals surface area contributed by atoms with E-state index in [0.717, 1.165) is 21.7 Å². The molecule has 1 atom stereocenters. The fourth-order valence-electron chi connectivity index (χ4n) is 3.60. The van der Waals surface area contributed by atoms with E-state index in [2.05, 4.69) is 5.32 Å². The number of sulfonamides is 1. The molecule has 0 saturated heterocycles. The van der Waals surface area contributed by atoms with Gasteiger partial charge in [-0.05, 0) is 44.9 Å². The first-order chi connectivity index (χ1) is 16.0. The Morgan fingerprint density at radius 1 is 1.03 bits per heavy atom. The monoisotopic (exact) mass is 487 g/mol. The fraction of sp³-hybridized carbons (Fsp3) is 0.400. The third-order valence-corrected chi connectivity index (χ3v) is 6.57. The number of aryl methyl sites for hydroxylation is 1. The van der Waals surface area contributed by atoms with E-state index in [9.17, 15) is 22.8 Å². The van der Waals surface area contributed by atoms with Gasteiger partial charge >= 0.3 is 0 Å². The molecule has 2 rings (SSSR count). The summed E-state index contributed by atoms with van der Waals surface area (Å²) in [6.45, 7) is 7.01. The SMILES string of the molecule is CCNC(=O)C(CC)N(Cc1ccc(C)cc1)C(=O)CN(c1cccc(C(C)=O)c1)S(C)(=O)=O. The number of ketones is 1. The van der Waals surface area contributed by atoms with Gasteiger partial charge in [-0.3, -0.25) is 18.7 Å². The van der Waals surface area contributed by atoms with Gasteiger partial charge < -0.3 is 10.2 Å². The highest BCUT2D eigenvalue weighted by Gasteiger charge is 2.31. The maximum Gasteiger partial charge on any atom is 0.244 e. The summed E-state index contributed by atoms with van der Waals surface area (Å²) in [4.78, 5) is 39.5. The summed E-state index contributed by atoms with van der Waals surface area (Å²) in [5.41, 5.74) is 2.44. The Bertz CT molecular complexity index is 1130. The highest BCUT2D eigenvalue weighted by atomic mass is 32.2. The van der Waals surface area contributed by atoms with Crippen LogP contribution in [0.3, 0.4) is 0 Å². The van der Waals surface area contributed by atoms with E-state index in [0.29, 0.717) is 18.5 Å². The van der Waals surface area contributed by atoms with Crippen LogP contribution in [0.2, 0.25) is 0 Å². The second-order valence-corrected chi connectivity index (χ2v) is 10.1. The van der Waals surface area contributed by atoms with E-state index in [-0.39, 0.29) is 23.9 Å². The van der Waals surface area contributed by atoms with Crippen molar-refractivity contribution in [1.29, 1.82) is 0 Å². The lowest BCUT2D eigenvalue weighted by molar-refractivity contribution is -0.140. The van der Waals surface area contributed by atoms with Crippen molar-refractivity contribution in [3.8, 4) is 0 Å². The van der Waals surface area contributed by atoms with E-state index in [1.165, 1.54) is 24.0 Å². The molecule has 1 N–H and O–H groups in total. The van der Waals surface area contributed by atoms with Crippen molar-refractivity contribution in [1.82, 2.24) is 10.2 Å². The third kappa shape index (κ3) is 7.15. The number of rotatable bonds is 11. The average molecular weight is 488 g/mol. The maximum absolute atomic E-state index is 13.5. The molecule has 2 amide bonds. The summed E-state index contributed by atoms with van der Waals surface area (Å²) in [5, 5.41) is 2.76. The molecule has 2 aromatic carbocycles. The molecule has 0 aliphatic rings. The Hall–Kier alpha value is -3.20. The molecule has 0 aliphatic carbocycles. The molecule has 184 valence electrons. The lowest BCUT2D eigenvalue weighted by Gasteiger charge is -2.32. The zero-order chi connectivity index (χ0) is 25.5. The lowest BCUT2D eigenvalue weighted by Crippen LogP contribution is -2.52. The number of amides is 2. The number of nitrogens with zero attached hydrogens (tertiary/aromatic N) is 2. The highest BCUT2D eigenvalue weighted by Crippen LogP contribution is 2.21. The molecule has 0 heterocycles. The van der Waals surface area contributed by atoms with E-state index >= 15 is 0 Å². The summed E-state index contributed by atoms with van der Waals surface area (Å²) >= 11 is 0. The van der Waals surface area contributed by atoms with E-state index in [1.54, 1.807) is 26.0 Å². The number of hydrogen-bond acceptors (Lipinski definition) is 5. The smallest absolute Gasteiger partial charge is 0.244 e. The molecular weight excluding hydrogens is 454 g/mol. The number of anilines is 1. The van der Waals surface area contributed by atoms with Crippen LogP contribution in [0.25, 0.3) is 0 Å². The molecule has 0 aromatic heterocycles. The summed E-state index contributed by atoms with van der Waals surface area (Å²) in [6, 6.07) is 13.0. The topological polar surface area (TPSA) is 104 Å². The predicted octanol–water partition coefficient (Wildman–Crippen LogP) is 2.91. The molecule has 0 radical (unpaired) electrons. The average Bonchev–Trinajstić information content (AvgIpc) is 2.78. The number of nitrogens with one attached hydrogen (secondary N) is 1. The number of benzene rings is 2. The van der Waals surface area contributed by atoms with Gasteiger partial charge in [0.05, 0.1) is 11.9 Å². The molecule has 1 unspecified atom stereocenters. The van der Waals surface area contributed by atoms with Gasteiger partial charge in [-0.25, -0.2) is 8.42 Å². The van der Waals surface area contributed by atoms with Crippen LogP contribution in [0.4, 0.5) is 5.69 Å². The van der Waals surface area contributed by atoms with E-state index in [4.69, 9.17) is 0 Å². The standard InChI is InChI=1S/C25H33N3O5S/c1-6-23(25(31)26-7-2)27(16-20-13-11-18(3)12-14-20)24(30)17-28(34(5,32)33)22-10-8-9-21(15-22)19(4)29/h8-15,23H,6-7,16-17H2,1-5H3,(H,26,31). The van der Waals surface area contributed by atoms with E-state index < -0.39 is 28.5 Å². The van der Waals surface area contributed by atoms with Gasteiger partial charge in [-0.1, -0.05) is 48.9 Å². The van der Waals surface area contributed by atoms with Gasteiger partial charge in [0.25, 0.3) is 0 Å². The van der Waals surface area contributed by atoms with Crippen LogP contribution >= 0.6 is 0 Å². The molecule has 0 aliphatic heterocycles. The number of hydrogen-bond donors (Lipinski definition) is 1. The number of carbonyl (C=O) groups excluding carboxylic acids is 3. The van der Waals surface area contributed by atoms with Crippen LogP contribution in [-0.2, 0) is 26.2 Å². The number of carbonyl (C=O) groups is 3. The number of likely N-dealkylation sites (N-methyl/N-ethyl adjacent to an activating group) is 1. The summed E-state index contributed by atoms with van der Waals surface area (Å²) in [5.74, 6) is -1.03. The molecule has 0 spiro atoms. The normalized spacial score (nSPS) is 12.0. The van der Waals surface area contributed by atoms with Crippen LogP contribution in [0.5, 0.6) is 0 Å². The van der Waals surface area contributed by atoms with Crippen molar-refractivity contribution >= 4 is 33.3 Å². The van der Waals surface area contributed by atoms with Crippen molar-refractivity contribution in [2.24, 2.45) is 0 Å². The van der Waals surface area contributed by atoms with Crippen LogP contribution in [-0.4, -0.2) is 56.3 Å². The highest BCUT2D eigenvalue weighted by molar-refractivity contribution is 7.92. The Kier molecular flexibility index (Phi) is 9.37. The molecule has 0 fully saturated rings. The molecular formula is C25H33N3O5S. The minimum absolute atomic E-state index is 0.153. The first kappa shape index (κ1) is 27.0. The third-order valence-electron chi connectivity index (χ3n) is 5.43. The Morgan fingerprint density at radius 2 is 1.68 bits per heavy atom. The van der Waals surface area contributed by atoms with Crippen molar-refractivity contribution in [2.45, 2.75) is 46.7 Å². The summed E-state index contributed by atoms with van der Waals surface area (Å²) < 4.78 is 26.2. The molecule has 2 aromatic rings. The van der Waals surface area contributed by atoms with E-state index in [1.807, 2.05) is 31.2 Å². The number of Topliss-reactive ketones (excluding diaryl/α,β-unsaturated/α-hetero) is 1. The molecule has 0 bridgehead atoms. The van der Waals surface area contributed by atoms with Crippen molar-refractivity contribution in [2.75, 3.05) is 23.7 Å². The molecule has 0 saturated carbocycles. The maximum atomic E-state index is 13.5. The summed E-state index contributed by atoms with van der Waals surface area (Å²) in [7, 11) is -3.86. The molecule has 34 heavy (non-hydrogen) atoms. The van der Waals surface area contributed by atoms with Gasteiger partial charge in [0.2, 0.25) is 21.8 Å². The van der Waals surface area contributed by atoms with Gasteiger partial charge in [0, 0.05) is 18.7 Å². The van der Waals surface area contributed by atoms with Crippen LogP contribution in [0.15, 0.2) is 48.5 Å². The first-order valence-corrected chi connectivity index (χ1v) is 13.0. The minimum atomic E-state index is -3.86. The zero-order valence-electron chi connectivity index (χ0n) is 20.4. The van der Waals surface area contributed by atoms with Crippen molar-refractivity contribution in [3.05, 3.63) is 65.2 Å². The fourth-order valence-corrected chi connectivity index (χ4v) is 4.44. The zero-order valence-corrected chi connectivity index (χ0v) is 21.2. The lowest BCUT2D eigenvalue weighted by atomic mass is 10.1. The van der Waals surface area contributed by atoms with Gasteiger partial charge in [0.1, 0.15) is 12.6 Å². The van der Waals surface area contributed by atoms with Crippen LogP contribution < -0.4 is 9.62 Å². The Morgan fingerprint density at radius 3 is 2.21 bits per heavy atom. The first-order valence-electron chi connectivity index (χ1n) is 11.2. The molecule has 9 heteroatoms. The van der Waals surface area contributed by atoms with Crippen LogP contribution in [0.1, 0.15) is 48.7 Å². The largest absolute Gasteiger partial charge is 0.355 e. The van der Waals surface area contributed by atoms with Gasteiger partial charge in [-0.15, -0.1) is 0 Å². The Labute approximate surface area is 202 Å². The Balaban J connectivity index is 2.45. The summed E-state index contributed by atoms with van der Waals surface area (Å²) in [6.07, 6.45) is 1.37. The second kappa shape index (κ2) is 11.8. The van der Waals surface area contributed by atoms with Crippen molar-refractivity contribution in [3.63, 3.8) is 0 Å². The quantitative estimate of drug-likeness (QED) is 0.491. The molecule has 8 nitrogen and oxygen atoms in total.